The quantitative estimate of drug-likeness (QED) is 0.0362. The lowest BCUT2D eigenvalue weighted by atomic mass is 10.1. The molecule has 77 heavy (non-hydrogen) atoms. The van der Waals surface area contributed by atoms with Gasteiger partial charge < -0.3 is 29.6 Å². The minimum atomic E-state index is -4.16. The summed E-state index contributed by atoms with van der Waals surface area (Å²) in [4.78, 5) is 50.4. The third-order valence-electron chi connectivity index (χ3n) is 11.4. The predicted octanol–water partition coefficient (Wildman–Crippen LogP) is 6.10. The molecule has 6 aromatic rings. The predicted molar refractivity (Wildman–Crippen MR) is 294 cm³/mol. The van der Waals surface area contributed by atoms with Crippen LogP contribution in [-0.2, 0) is 20.0 Å². The number of sulfonamides is 2. The number of anilines is 2. The molecule has 0 radical (unpaired) electrons. The number of nitrogens with zero attached hydrogens (tertiary/aromatic N) is 8. The minimum absolute atomic E-state index is 0. The molecule has 6 N–H and O–H groups in total. The fourth-order valence-electron chi connectivity index (χ4n) is 6.71. The molecule has 4 atom stereocenters. The summed E-state index contributed by atoms with van der Waals surface area (Å²) >= 11 is 0. The van der Waals surface area contributed by atoms with E-state index in [9.17, 15) is 26.4 Å². The number of para-hydroxylation sites is 2. The molecule has 2 aromatic carbocycles. The lowest BCUT2D eigenvalue weighted by Crippen LogP contribution is -2.45. The molecule has 26 heteroatoms. The van der Waals surface area contributed by atoms with Crippen molar-refractivity contribution in [2.24, 2.45) is 8.80 Å². The van der Waals surface area contributed by atoms with Crippen LogP contribution in [0.2, 0.25) is 0 Å². The van der Waals surface area contributed by atoms with E-state index in [4.69, 9.17) is 18.9 Å². The van der Waals surface area contributed by atoms with Crippen molar-refractivity contribution in [1.29, 1.82) is 0 Å². The van der Waals surface area contributed by atoms with E-state index in [0.29, 0.717) is 46.0 Å². The Kier molecular flexibility index (Phi) is 22.1. The largest absolute Gasteiger partial charge is 0.494 e. The number of ether oxygens (including phenoxy) is 4. The summed E-state index contributed by atoms with van der Waals surface area (Å²) in [6.45, 7) is 13.7. The van der Waals surface area contributed by atoms with Gasteiger partial charge in [-0.1, -0.05) is 33.4 Å². The van der Waals surface area contributed by atoms with E-state index in [1.54, 1.807) is 113 Å². The number of nitrogens with one attached hydrogen (secondary N) is 6. The van der Waals surface area contributed by atoms with Gasteiger partial charge in [0.15, 0.2) is 0 Å². The zero-order chi connectivity index (χ0) is 55.7. The first-order valence-corrected chi connectivity index (χ1v) is 26.3. The summed E-state index contributed by atoms with van der Waals surface area (Å²) < 4.78 is 83.0. The summed E-state index contributed by atoms with van der Waals surface area (Å²) in [5.74, 6) is -0.620. The standard InChI is InChI=1S/2C25H31N7O5S.CH4/c2*1-15-10-19(14-26-11-15)24(33)30-31-25(29-22-20(36-5)8-7-9-21(22)37-6)32-38(34,35)18(4)17(3)23-27-12-16(2)13-28-23;/h2*7-14,17-18H,1-6H3,(H,30,33)(H2,29,31,32);1H4/t2*17-,18+;/m10./s1. The number of carbonyl (C=O) groups excluding carboxylic acids is 2. The van der Waals surface area contributed by atoms with Crippen molar-refractivity contribution >= 4 is 55.2 Å². The first-order valence-electron chi connectivity index (χ1n) is 23.3. The number of hydrogen-bond donors (Lipinski definition) is 6. The molecule has 4 aromatic heterocycles. The Morgan fingerprint density at radius 1 is 0.481 bits per heavy atom. The van der Waals surface area contributed by atoms with E-state index in [0.717, 1.165) is 22.3 Å². The van der Waals surface area contributed by atoms with E-state index < -0.39 is 54.2 Å². The number of guanidine groups is 2. The van der Waals surface area contributed by atoms with Crippen molar-refractivity contribution in [3.8, 4) is 23.0 Å². The topological polar surface area (TPSA) is 314 Å². The number of aryl methyl sites for hydroxylation is 4. The highest BCUT2D eigenvalue weighted by atomic mass is 32.2. The van der Waals surface area contributed by atoms with Gasteiger partial charge in [0.1, 0.15) is 46.0 Å². The van der Waals surface area contributed by atoms with Crippen LogP contribution in [0.3, 0.4) is 0 Å². The van der Waals surface area contributed by atoms with Crippen LogP contribution in [0.5, 0.6) is 23.0 Å². The first kappa shape index (κ1) is 61.0. The van der Waals surface area contributed by atoms with Crippen molar-refractivity contribution < 1.29 is 45.4 Å². The van der Waals surface area contributed by atoms with Crippen LogP contribution in [0.15, 0.2) is 107 Å². The van der Waals surface area contributed by atoms with E-state index in [2.05, 4.69) is 71.0 Å². The van der Waals surface area contributed by atoms with Crippen LogP contribution >= 0.6 is 0 Å². The SMILES string of the molecule is C.COc1cccc(OC)c1NC(=NS(=O)(=O)[C@@H](C)[C@@H](C)c1ncc(C)cn1)NNC(=O)c1cncc(C)c1.COc1cccc(OC)c1NC(=NS(=O)(=O)[C@H](C)[C@H](C)c1ncc(C)cn1)NNC(=O)c1cncc(C)c1. The molecule has 0 spiro atoms. The summed E-state index contributed by atoms with van der Waals surface area (Å²) in [7, 11) is -2.49. The molecule has 6 rings (SSSR count). The van der Waals surface area contributed by atoms with E-state index >= 15 is 0 Å². The highest BCUT2D eigenvalue weighted by molar-refractivity contribution is 7.91. The number of hydrazine groups is 2. The highest BCUT2D eigenvalue weighted by Crippen LogP contribution is 2.35. The molecule has 412 valence electrons. The molecule has 0 fully saturated rings. The van der Waals surface area contributed by atoms with Gasteiger partial charge in [-0.3, -0.25) is 41.3 Å². The zero-order valence-electron chi connectivity index (χ0n) is 44.0. The van der Waals surface area contributed by atoms with Gasteiger partial charge >= 0.3 is 0 Å². The van der Waals surface area contributed by atoms with Crippen LogP contribution in [0.4, 0.5) is 11.4 Å². The second-order valence-electron chi connectivity index (χ2n) is 17.1. The van der Waals surface area contributed by atoms with Crippen LogP contribution < -0.4 is 51.3 Å². The van der Waals surface area contributed by atoms with Gasteiger partial charge in [0, 0.05) is 61.4 Å². The second kappa shape index (κ2) is 27.9. The third kappa shape index (κ3) is 16.7. The zero-order valence-corrected chi connectivity index (χ0v) is 45.7. The summed E-state index contributed by atoms with van der Waals surface area (Å²) in [6.07, 6.45) is 12.5. The number of methoxy groups -OCH3 is 4. The number of pyridine rings is 2. The maximum atomic E-state index is 13.4. The molecular formula is C51H66N14O10S2. The van der Waals surface area contributed by atoms with Crippen LogP contribution in [-0.4, -0.2) is 109 Å². The Hall–Kier alpha value is -8.52. The van der Waals surface area contributed by atoms with Gasteiger partial charge in [0.2, 0.25) is 11.9 Å². The minimum Gasteiger partial charge on any atom is -0.494 e. The fraction of sp³-hybridized carbons (Fsp3) is 0.333. The normalized spacial score (nSPS) is 13.1. The van der Waals surface area contributed by atoms with Crippen molar-refractivity contribution in [3.63, 3.8) is 0 Å². The van der Waals surface area contributed by atoms with E-state index in [-0.39, 0.29) is 30.5 Å². The van der Waals surface area contributed by atoms with Crippen LogP contribution in [0.1, 0.15) is 102 Å². The van der Waals surface area contributed by atoms with Crippen molar-refractivity contribution in [1.82, 2.24) is 51.6 Å². The van der Waals surface area contributed by atoms with Crippen LogP contribution in [0.25, 0.3) is 0 Å². The van der Waals surface area contributed by atoms with Crippen molar-refractivity contribution in [2.75, 3.05) is 39.1 Å². The van der Waals surface area contributed by atoms with Gasteiger partial charge in [-0.15, -0.1) is 8.80 Å². The first-order chi connectivity index (χ1) is 36.1. The number of amides is 2. The summed E-state index contributed by atoms with van der Waals surface area (Å²) in [6, 6.07) is 13.3. The Morgan fingerprint density at radius 2 is 0.792 bits per heavy atom. The molecule has 24 nitrogen and oxygen atoms in total. The molecule has 0 saturated heterocycles. The maximum Gasteiger partial charge on any atom is 0.271 e. The van der Waals surface area contributed by atoms with Gasteiger partial charge in [0.25, 0.3) is 31.9 Å². The smallest absolute Gasteiger partial charge is 0.271 e. The molecule has 0 saturated carbocycles. The summed E-state index contributed by atoms with van der Waals surface area (Å²) in [5, 5.41) is 3.76. The Morgan fingerprint density at radius 3 is 1.08 bits per heavy atom. The van der Waals surface area contributed by atoms with Crippen molar-refractivity contribution in [3.05, 3.63) is 143 Å². The Labute approximate surface area is 449 Å². The molecular weight excluding hydrogens is 1030 g/mol. The molecule has 0 unspecified atom stereocenters. The second-order valence-corrected chi connectivity index (χ2v) is 21.0. The highest BCUT2D eigenvalue weighted by Gasteiger charge is 2.32. The average molecular weight is 1100 g/mol. The van der Waals surface area contributed by atoms with Crippen molar-refractivity contribution in [2.45, 2.75) is 85.2 Å². The number of aromatic nitrogens is 6. The lowest BCUT2D eigenvalue weighted by molar-refractivity contribution is 0.0935. The Balaban J connectivity index is 0.000000328. The van der Waals surface area contributed by atoms with Gasteiger partial charge in [-0.25, -0.2) is 36.8 Å². The monoisotopic (exact) mass is 1100 g/mol. The molecule has 2 amide bonds. The fourth-order valence-corrected chi connectivity index (χ4v) is 9.01. The molecule has 0 aliphatic heterocycles. The summed E-state index contributed by atoms with van der Waals surface area (Å²) in [5.41, 5.74) is 14.5. The molecule has 0 aliphatic rings. The lowest BCUT2D eigenvalue weighted by Gasteiger charge is -2.20. The van der Waals surface area contributed by atoms with Gasteiger partial charge in [-0.2, -0.15) is 0 Å². The average Bonchev–Trinajstić information content (AvgIpc) is 3.41. The molecule has 0 aliphatic carbocycles. The molecule has 0 bridgehead atoms. The molecule has 4 heterocycles. The number of carbonyl (C=O) groups is 2. The van der Waals surface area contributed by atoms with Gasteiger partial charge in [-0.05, 0) is 100 Å². The number of benzene rings is 2. The van der Waals surface area contributed by atoms with E-state index in [1.165, 1.54) is 54.7 Å². The number of rotatable bonds is 16. The number of hydrogen-bond acceptors (Lipinski definition) is 16. The van der Waals surface area contributed by atoms with Crippen LogP contribution in [0, 0.1) is 27.7 Å². The maximum absolute atomic E-state index is 13.4. The Bertz CT molecular complexity index is 3000. The van der Waals surface area contributed by atoms with E-state index in [1.807, 2.05) is 13.8 Å². The third-order valence-corrected chi connectivity index (χ3v) is 15.0. The van der Waals surface area contributed by atoms with Gasteiger partial charge in [0.05, 0.1) is 50.1 Å².